The minimum absolute atomic E-state index is 0.00777. The van der Waals surface area contributed by atoms with E-state index in [-0.39, 0.29) is 85.6 Å². The lowest BCUT2D eigenvalue weighted by Crippen LogP contribution is -2.63. The van der Waals surface area contributed by atoms with Gasteiger partial charge in [0.25, 0.3) is 0 Å². The molecule has 0 spiro atoms. The average Bonchev–Trinajstić information content (AvgIpc) is 0.710. The molecule has 5 N–H and O–H groups in total. The van der Waals surface area contributed by atoms with E-state index in [2.05, 4.69) is 285 Å². The maximum absolute atomic E-state index is 6.09. The Bertz CT molecular complexity index is 3530. The minimum Gasteiger partial charge on any atom is -0.341 e. The molecular formula is C106H203N23. The normalized spacial score (nSPS) is 20.7. The Labute approximate surface area is 792 Å². The predicted octanol–water partition coefficient (Wildman–Crippen LogP) is 22.9. The van der Waals surface area contributed by atoms with Crippen molar-refractivity contribution in [3.63, 3.8) is 0 Å². The number of nitrogens with zero attached hydrogens (tertiary/aromatic N) is 18. The van der Waals surface area contributed by atoms with E-state index in [0.717, 1.165) is 370 Å². The van der Waals surface area contributed by atoms with Crippen molar-refractivity contribution in [2.24, 2.45) is 0 Å². The van der Waals surface area contributed by atoms with Gasteiger partial charge in [-0.1, -0.05) is 146 Å². The number of piperidine rings is 5. The number of hydrogen-bond acceptors (Lipinski definition) is 23. The van der Waals surface area contributed by atoms with E-state index in [1.807, 2.05) is 0 Å². The molecule has 5 aliphatic heterocycles. The molecule has 8 heterocycles. The summed E-state index contributed by atoms with van der Waals surface area (Å²) in [6.07, 6.45) is 39.0. The quantitative estimate of drug-likeness (QED) is 0.0333. The van der Waals surface area contributed by atoms with Crippen molar-refractivity contribution in [1.82, 2.24) is 81.2 Å². The third kappa shape index (κ3) is 34.5. The summed E-state index contributed by atoms with van der Waals surface area (Å²) in [5.41, 5.74) is -0.733. The zero-order valence-corrected chi connectivity index (χ0v) is 89.7. The molecule has 23 heteroatoms. The van der Waals surface area contributed by atoms with Crippen LogP contribution in [0.2, 0.25) is 0 Å². The molecule has 23 nitrogen and oxygen atoms in total. The standard InChI is InChI=1S/C106H203N23/c1-32-41-58-121(59-42-33-2)90-107-88(108-91(111-90)122(60-43-34-3)61-44-35-4)81(10)125(83-71-97(12,13)116-98(14,15)72-83)67-54-50-52-56-69-128(86-77-103(24,25)119-104(26,27)78-86)95-110-89(109-94(115-95)127(66-49-40-9)85-75-101(20,21)118-102(22,23)76-85)82(11)126(84-73-99(16,17)117-100(18,19)74-84)68-55-51-53-57-70-129(87-79-105(28,29)120-106(30,31)80-87)96-113-92(123(62-45-36-5)63-46-37-6)112-93(114-96)124(64-47-38-7)65-48-39-8/h81-87,116-120H,32-80H2,1-31H3. The van der Waals surface area contributed by atoms with Crippen LogP contribution in [0, 0.1) is 0 Å². The van der Waals surface area contributed by atoms with Gasteiger partial charge in [-0.3, -0.25) is 9.80 Å². The highest BCUT2D eigenvalue weighted by molar-refractivity contribution is 5.49. The fraction of sp³-hybridized carbons (Fsp3) is 0.915. The van der Waals surface area contributed by atoms with E-state index in [9.17, 15) is 0 Å². The van der Waals surface area contributed by atoms with Gasteiger partial charge in [-0.25, -0.2) is 0 Å². The van der Waals surface area contributed by atoms with Gasteiger partial charge in [-0.05, 0) is 313 Å². The Kier molecular flexibility index (Phi) is 42.0. The van der Waals surface area contributed by atoms with Crippen LogP contribution in [0.1, 0.15) is 470 Å². The first kappa shape index (κ1) is 110. The second kappa shape index (κ2) is 49.4. The molecule has 8 rings (SSSR count). The number of anilines is 7. The molecular weight excluding hydrogens is 1600 g/mol. The Morgan fingerprint density at radius 2 is 0.372 bits per heavy atom. The van der Waals surface area contributed by atoms with Crippen molar-refractivity contribution in [2.45, 2.75) is 543 Å². The molecule has 0 aliphatic carbocycles. The van der Waals surface area contributed by atoms with Crippen molar-refractivity contribution in [3.05, 3.63) is 11.6 Å². The Morgan fingerprint density at radius 3 is 0.597 bits per heavy atom. The first-order chi connectivity index (χ1) is 60.7. The minimum atomic E-state index is -0.112. The average molecular weight is 1800 g/mol. The van der Waals surface area contributed by atoms with Gasteiger partial charge in [0.2, 0.25) is 41.6 Å². The molecule has 0 radical (unpaired) electrons. The second-order valence-electron chi connectivity index (χ2n) is 48.0. The van der Waals surface area contributed by atoms with Crippen LogP contribution in [0.5, 0.6) is 0 Å². The van der Waals surface area contributed by atoms with E-state index in [1.54, 1.807) is 0 Å². The summed E-state index contributed by atoms with van der Waals surface area (Å²) in [6.45, 7) is 86.4. The summed E-state index contributed by atoms with van der Waals surface area (Å²) >= 11 is 0. The monoisotopic (exact) mass is 1800 g/mol. The maximum Gasteiger partial charge on any atom is 0.232 e. The van der Waals surface area contributed by atoms with Crippen molar-refractivity contribution in [2.75, 3.05) is 119 Å². The molecule has 0 saturated carbocycles. The van der Waals surface area contributed by atoms with Crippen LogP contribution in [0.4, 0.5) is 41.6 Å². The summed E-state index contributed by atoms with van der Waals surface area (Å²) < 4.78 is 0. The molecule has 0 bridgehead atoms. The molecule has 5 aliphatic rings. The number of nitrogens with one attached hydrogen (secondary N) is 5. The van der Waals surface area contributed by atoms with E-state index < -0.39 is 0 Å². The zero-order valence-electron chi connectivity index (χ0n) is 89.7. The van der Waals surface area contributed by atoms with Gasteiger partial charge in [0.15, 0.2) is 11.6 Å². The Balaban J connectivity index is 1.18. The molecule has 3 aromatic rings. The van der Waals surface area contributed by atoms with Gasteiger partial charge in [0.1, 0.15) is 0 Å². The van der Waals surface area contributed by atoms with Crippen LogP contribution in [0.3, 0.4) is 0 Å². The molecule has 5 saturated heterocycles. The van der Waals surface area contributed by atoms with Crippen molar-refractivity contribution in [3.8, 4) is 0 Å². The molecule has 742 valence electrons. The zero-order chi connectivity index (χ0) is 95.0. The Morgan fingerprint density at radius 1 is 0.209 bits per heavy atom. The van der Waals surface area contributed by atoms with Gasteiger partial charge in [-0.15, -0.1) is 0 Å². The summed E-state index contributed by atoms with van der Waals surface area (Å²) in [7, 11) is 0. The number of aromatic nitrogens is 9. The Hall–Kier alpha value is -4.65. The lowest BCUT2D eigenvalue weighted by atomic mass is 9.78. The smallest absolute Gasteiger partial charge is 0.232 e. The van der Waals surface area contributed by atoms with Crippen molar-refractivity contribution in [1.29, 1.82) is 0 Å². The van der Waals surface area contributed by atoms with Crippen LogP contribution in [0.15, 0.2) is 0 Å². The van der Waals surface area contributed by atoms with E-state index in [4.69, 9.17) is 44.9 Å². The summed E-state index contributed by atoms with van der Waals surface area (Å²) in [5, 5.41) is 20.5. The highest BCUT2D eigenvalue weighted by atomic mass is 15.4. The molecule has 0 aromatic carbocycles. The summed E-state index contributed by atoms with van der Waals surface area (Å²) in [6, 6.07) is 1.24. The molecule has 5 fully saturated rings. The number of hydrogen-bond donors (Lipinski definition) is 5. The highest BCUT2D eigenvalue weighted by Crippen LogP contribution is 2.43. The van der Waals surface area contributed by atoms with Crippen LogP contribution in [-0.4, -0.2) is 225 Å². The van der Waals surface area contributed by atoms with Gasteiger partial charge < -0.3 is 60.9 Å². The molecule has 3 aromatic heterocycles. The maximum atomic E-state index is 6.09. The topological polar surface area (TPSA) is 205 Å². The number of rotatable bonds is 57. The van der Waals surface area contributed by atoms with Crippen molar-refractivity contribution >= 4 is 41.6 Å². The van der Waals surface area contributed by atoms with Crippen LogP contribution in [0.25, 0.3) is 0 Å². The van der Waals surface area contributed by atoms with Gasteiger partial charge in [0.05, 0.1) is 12.1 Å². The fourth-order valence-electron chi connectivity index (χ4n) is 24.1. The van der Waals surface area contributed by atoms with Crippen molar-refractivity contribution < 1.29 is 0 Å². The van der Waals surface area contributed by atoms with E-state index in [1.165, 1.54) is 0 Å². The molecule has 0 amide bonds. The molecule has 2 atom stereocenters. The van der Waals surface area contributed by atoms with Crippen LogP contribution < -0.4 is 60.9 Å². The molecule has 2 unspecified atom stereocenters. The van der Waals surface area contributed by atoms with Gasteiger partial charge in [-0.2, -0.15) is 44.9 Å². The predicted molar refractivity (Wildman–Crippen MR) is 553 cm³/mol. The first-order valence-electron chi connectivity index (χ1n) is 53.7. The molecule has 129 heavy (non-hydrogen) atoms. The first-order valence-corrected chi connectivity index (χ1v) is 53.7. The third-order valence-electron chi connectivity index (χ3n) is 28.7. The number of unbranched alkanes of at least 4 members (excludes halogenated alkanes) is 15. The van der Waals surface area contributed by atoms with Crippen LogP contribution in [-0.2, 0) is 0 Å². The van der Waals surface area contributed by atoms with Crippen LogP contribution >= 0.6 is 0 Å². The SMILES string of the molecule is CCCCN(CCCC)c1nc(C(C)N(CCCCCCN(c2nc(C(C)N(CCCCCCN(c3nc(N(CCCC)CCCC)nc(N(CCCC)CCCC)n3)C3CC(C)(C)NC(C)(C)C3)C3CC(C)(C)NC(C)(C)C3)nc(N(CCCC)C3CC(C)(C)NC(C)(C)C3)n2)C2CC(C)(C)NC(C)(C)C2)C2CC(C)(C)NC(C)(C)C2)nc(N(CCCC)CCCC)n1. The third-order valence-corrected chi connectivity index (χ3v) is 28.7. The van der Waals surface area contributed by atoms with Gasteiger partial charge >= 0.3 is 0 Å². The summed E-state index contributed by atoms with van der Waals surface area (Å²) in [4.78, 5) is 75.6. The van der Waals surface area contributed by atoms with E-state index in [0.29, 0.717) is 12.1 Å². The fourth-order valence-corrected chi connectivity index (χ4v) is 24.1. The lowest BCUT2D eigenvalue weighted by Gasteiger charge is -2.51. The van der Waals surface area contributed by atoms with Gasteiger partial charge in [0, 0.05) is 158 Å². The lowest BCUT2D eigenvalue weighted by molar-refractivity contribution is 0.0390. The highest BCUT2D eigenvalue weighted by Gasteiger charge is 2.48. The second-order valence-corrected chi connectivity index (χ2v) is 48.0. The summed E-state index contributed by atoms with van der Waals surface area (Å²) in [5.74, 6) is 7.90. The largest absolute Gasteiger partial charge is 0.341 e. The van der Waals surface area contributed by atoms with E-state index >= 15 is 0 Å².